The number of rotatable bonds is 2. The Bertz CT molecular complexity index is 402. The van der Waals surface area contributed by atoms with Gasteiger partial charge in [0.1, 0.15) is 5.82 Å². The van der Waals surface area contributed by atoms with Gasteiger partial charge in [-0.05, 0) is 40.9 Å². The minimum absolute atomic E-state index is 0.112. The number of carbonyl (C=O) groups is 1. The number of benzene rings is 1. The van der Waals surface area contributed by atoms with Gasteiger partial charge in [-0.1, -0.05) is 18.9 Å². The maximum atomic E-state index is 13.6. The summed E-state index contributed by atoms with van der Waals surface area (Å²) in [4.78, 5) is 11.8. The van der Waals surface area contributed by atoms with Gasteiger partial charge in [0.05, 0.1) is 10.0 Å². The maximum Gasteiger partial charge on any atom is 0.254 e. The number of nitrogens with one attached hydrogen (secondary N) is 1. The molecule has 16 heavy (non-hydrogen) atoms. The van der Waals surface area contributed by atoms with Gasteiger partial charge < -0.3 is 5.32 Å². The molecule has 0 aliphatic heterocycles. The Kier molecular flexibility index (Phi) is 3.59. The van der Waals surface area contributed by atoms with Crippen molar-refractivity contribution in [3.8, 4) is 0 Å². The number of hydrogen-bond donors (Lipinski definition) is 1. The molecule has 0 unspecified atom stereocenters. The van der Waals surface area contributed by atoms with Gasteiger partial charge in [-0.3, -0.25) is 4.79 Å². The first-order valence-electron chi connectivity index (χ1n) is 5.43. The number of halogens is 2. The molecular weight excluding hydrogens is 273 g/mol. The summed E-state index contributed by atoms with van der Waals surface area (Å²) in [5.74, 6) is -0.802. The first-order valence-corrected chi connectivity index (χ1v) is 6.22. The molecule has 1 aliphatic carbocycles. The second-order valence-corrected chi connectivity index (χ2v) is 4.91. The van der Waals surface area contributed by atoms with Gasteiger partial charge in [-0.15, -0.1) is 0 Å². The molecule has 0 radical (unpaired) electrons. The molecule has 1 aromatic rings. The molecular formula is C12H13BrFNO. The van der Waals surface area contributed by atoms with E-state index < -0.39 is 5.82 Å². The van der Waals surface area contributed by atoms with Crippen molar-refractivity contribution in [2.45, 2.75) is 31.7 Å². The Morgan fingerprint density at radius 3 is 2.75 bits per heavy atom. The van der Waals surface area contributed by atoms with E-state index in [1.807, 2.05) is 0 Å². The van der Waals surface area contributed by atoms with Crippen LogP contribution in [0.25, 0.3) is 0 Å². The van der Waals surface area contributed by atoms with Crippen LogP contribution in [0, 0.1) is 5.82 Å². The van der Waals surface area contributed by atoms with Crippen molar-refractivity contribution in [2.75, 3.05) is 0 Å². The zero-order valence-electron chi connectivity index (χ0n) is 8.80. The van der Waals surface area contributed by atoms with Gasteiger partial charge in [0.25, 0.3) is 5.91 Å². The third kappa shape index (κ3) is 2.43. The highest BCUT2D eigenvalue weighted by Crippen LogP contribution is 2.21. The molecule has 4 heteroatoms. The highest BCUT2D eigenvalue weighted by atomic mass is 79.9. The molecule has 1 fully saturated rings. The molecule has 1 saturated carbocycles. The topological polar surface area (TPSA) is 29.1 Å². The molecule has 0 spiro atoms. The molecule has 1 aromatic carbocycles. The summed E-state index contributed by atoms with van der Waals surface area (Å²) in [5.41, 5.74) is 0.112. The summed E-state index contributed by atoms with van der Waals surface area (Å²) in [5, 5.41) is 2.86. The second-order valence-electron chi connectivity index (χ2n) is 4.06. The third-order valence-corrected chi connectivity index (χ3v) is 3.50. The molecule has 0 atom stereocenters. The summed E-state index contributed by atoms with van der Waals surface area (Å²) in [6.07, 6.45) is 4.29. The summed E-state index contributed by atoms with van der Waals surface area (Å²) in [6.45, 7) is 0. The van der Waals surface area contributed by atoms with Crippen LogP contribution in [0.2, 0.25) is 0 Å². The lowest BCUT2D eigenvalue weighted by molar-refractivity contribution is 0.0933. The molecule has 1 N–H and O–H groups in total. The standard InChI is InChI=1S/C12H13BrFNO/c13-10-7-3-6-9(11(10)14)12(16)15-8-4-1-2-5-8/h3,6-8H,1-2,4-5H2,(H,15,16). The lowest BCUT2D eigenvalue weighted by atomic mass is 10.1. The van der Waals surface area contributed by atoms with Gasteiger partial charge in [0.2, 0.25) is 0 Å². The minimum Gasteiger partial charge on any atom is -0.349 e. The van der Waals surface area contributed by atoms with Crippen LogP contribution in [0.5, 0.6) is 0 Å². The van der Waals surface area contributed by atoms with Crippen LogP contribution in [0.15, 0.2) is 22.7 Å². The van der Waals surface area contributed by atoms with Crippen LogP contribution in [0.1, 0.15) is 36.0 Å². The van der Waals surface area contributed by atoms with Crippen LogP contribution >= 0.6 is 15.9 Å². The number of amides is 1. The Balaban J connectivity index is 2.11. The fourth-order valence-corrected chi connectivity index (χ4v) is 2.38. The van der Waals surface area contributed by atoms with E-state index in [9.17, 15) is 9.18 Å². The number of hydrogen-bond acceptors (Lipinski definition) is 1. The van der Waals surface area contributed by atoms with E-state index in [2.05, 4.69) is 21.2 Å². The second kappa shape index (κ2) is 4.95. The smallest absolute Gasteiger partial charge is 0.254 e. The fourth-order valence-electron chi connectivity index (χ4n) is 2.01. The average molecular weight is 286 g/mol. The van der Waals surface area contributed by atoms with Gasteiger partial charge in [0.15, 0.2) is 0 Å². The van der Waals surface area contributed by atoms with E-state index in [4.69, 9.17) is 0 Å². The highest BCUT2D eigenvalue weighted by molar-refractivity contribution is 9.10. The maximum absolute atomic E-state index is 13.6. The SMILES string of the molecule is O=C(NC1CCCC1)c1cccc(Br)c1F. The first-order chi connectivity index (χ1) is 7.68. The Morgan fingerprint density at radius 2 is 2.06 bits per heavy atom. The van der Waals surface area contributed by atoms with Gasteiger partial charge in [-0.25, -0.2) is 4.39 Å². The van der Waals surface area contributed by atoms with Crippen molar-refractivity contribution < 1.29 is 9.18 Å². The summed E-state index contributed by atoms with van der Waals surface area (Å²) < 4.78 is 13.9. The van der Waals surface area contributed by atoms with E-state index in [-0.39, 0.29) is 17.5 Å². The van der Waals surface area contributed by atoms with Crippen LogP contribution in [0.3, 0.4) is 0 Å². The molecule has 0 saturated heterocycles. The Morgan fingerprint density at radius 1 is 1.38 bits per heavy atom. The van der Waals surface area contributed by atoms with E-state index in [0.717, 1.165) is 25.7 Å². The zero-order valence-corrected chi connectivity index (χ0v) is 10.4. The molecule has 1 amide bonds. The van der Waals surface area contributed by atoms with Crippen molar-refractivity contribution in [3.05, 3.63) is 34.1 Å². The van der Waals surface area contributed by atoms with Crippen LogP contribution in [0.4, 0.5) is 4.39 Å². The molecule has 1 aliphatic rings. The van der Waals surface area contributed by atoms with E-state index in [1.165, 1.54) is 6.07 Å². The van der Waals surface area contributed by atoms with Crippen LogP contribution < -0.4 is 5.32 Å². The quantitative estimate of drug-likeness (QED) is 0.888. The third-order valence-electron chi connectivity index (χ3n) is 2.89. The van der Waals surface area contributed by atoms with Gasteiger partial charge in [-0.2, -0.15) is 0 Å². The molecule has 2 nitrogen and oxygen atoms in total. The van der Waals surface area contributed by atoms with Gasteiger partial charge >= 0.3 is 0 Å². The summed E-state index contributed by atoms with van der Waals surface area (Å²) in [7, 11) is 0. The molecule has 0 aromatic heterocycles. The fraction of sp³-hybridized carbons (Fsp3) is 0.417. The predicted molar refractivity (Wildman–Crippen MR) is 63.8 cm³/mol. The molecule has 0 bridgehead atoms. The summed E-state index contributed by atoms with van der Waals surface area (Å²) >= 11 is 3.07. The van der Waals surface area contributed by atoms with Gasteiger partial charge in [0, 0.05) is 6.04 Å². The lowest BCUT2D eigenvalue weighted by Gasteiger charge is -2.12. The summed E-state index contributed by atoms with van der Waals surface area (Å²) in [6, 6.07) is 4.97. The first kappa shape index (κ1) is 11.6. The zero-order chi connectivity index (χ0) is 11.5. The highest BCUT2D eigenvalue weighted by Gasteiger charge is 2.20. The van der Waals surface area contributed by atoms with Crippen molar-refractivity contribution >= 4 is 21.8 Å². The van der Waals surface area contributed by atoms with Crippen molar-refractivity contribution in [2.24, 2.45) is 0 Å². The van der Waals surface area contributed by atoms with E-state index in [1.54, 1.807) is 12.1 Å². The van der Waals surface area contributed by atoms with Crippen molar-refractivity contribution in [1.82, 2.24) is 5.32 Å². The van der Waals surface area contributed by atoms with Crippen molar-refractivity contribution in [3.63, 3.8) is 0 Å². The predicted octanol–water partition coefficient (Wildman–Crippen LogP) is 3.26. The van der Waals surface area contributed by atoms with Crippen LogP contribution in [-0.4, -0.2) is 11.9 Å². The lowest BCUT2D eigenvalue weighted by Crippen LogP contribution is -2.33. The van der Waals surface area contributed by atoms with E-state index in [0.29, 0.717) is 4.47 Å². The number of carbonyl (C=O) groups excluding carboxylic acids is 1. The van der Waals surface area contributed by atoms with Crippen molar-refractivity contribution in [1.29, 1.82) is 0 Å². The van der Waals surface area contributed by atoms with Crippen LogP contribution in [-0.2, 0) is 0 Å². The Hall–Kier alpha value is -0.900. The minimum atomic E-state index is -0.488. The van der Waals surface area contributed by atoms with E-state index >= 15 is 0 Å². The molecule has 86 valence electrons. The normalized spacial score (nSPS) is 16.4. The average Bonchev–Trinajstić information content (AvgIpc) is 2.74. The molecule has 2 rings (SSSR count). The molecule has 0 heterocycles. The Labute approximate surface area is 102 Å². The largest absolute Gasteiger partial charge is 0.349 e. The monoisotopic (exact) mass is 285 g/mol.